The van der Waals surface area contributed by atoms with Crippen LogP contribution >= 0.6 is 12.8 Å². The molecule has 1 fully saturated rings. The van der Waals surface area contributed by atoms with E-state index in [0.717, 1.165) is 0 Å². The first-order valence-electron chi connectivity index (χ1n) is 8.84. The predicted octanol–water partition coefficient (Wildman–Crippen LogP) is 0.726. The lowest BCUT2D eigenvalue weighted by Crippen LogP contribution is -2.59. The van der Waals surface area contributed by atoms with Gasteiger partial charge in [-0.25, -0.2) is 0 Å². The minimum absolute atomic E-state index is 0.0398. The lowest BCUT2D eigenvalue weighted by atomic mass is 9.82. The van der Waals surface area contributed by atoms with Gasteiger partial charge in [-0.1, -0.05) is 26.7 Å². The highest BCUT2D eigenvalue weighted by Crippen LogP contribution is 2.32. The van der Waals surface area contributed by atoms with E-state index in [0.29, 0.717) is 6.42 Å². The number of ether oxygens (including phenoxy) is 3. The zero-order chi connectivity index (χ0) is 20.6. The molecule has 1 heterocycles. The molecule has 1 aliphatic rings. The van der Waals surface area contributed by atoms with Gasteiger partial charge in [-0.3, -0.25) is 19.2 Å². The summed E-state index contributed by atoms with van der Waals surface area (Å²) in [6, 6.07) is -0.552. The summed E-state index contributed by atoms with van der Waals surface area (Å²) in [4.78, 5) is 45.9. The van der Waals surface area contributed by atoms with Gasteiger partial charge in [0.25, 0.3) is 0 Å². The summed E-state index contributed by atoms with van der Waals surface area (Å²) in [6.07, 6.45) is -0.757. The molecule has 1 aliphatic heterocycles. The number of hydrogen-bond donors (Lipinski definition) is 3. The number of nitrogens with one attached hydrogen (secondary N) is 2. The molecule has 0 radical (unpaired) electrons. The molecular formula is C17H28N2O7S. The van der Waals surface area contributed by atoms with Crippen molar-refractivity contribution in [2.45, 2.75) is 65.4 Å². The van der Waals surface area contributed by atoms with E-state index in [-0.39, 0.29) is 43.1 Å². The highest BCUT2D eigenvalue weighted by atomic mass is 32.1. The van der Waals surface area contributed by atoms with Crippen molar-refractivity contribution < 1.29 is 33.4 Å². The summed E-state index contributed by atoms with van der Waals surface area (Å²) in [5.74, 6) is -1.67. The first kappa shape index (κ1) is 23.2. The molecule has 0 saturated carbocycles. The Labute approximate surface area is 164 Å². The number of carbonyl (C=O) groups excluding carboxylic acids is 4. The van der Waals surface area contributed by atoms with E-state index in [1.54, 1.807) is 0 Å². The van der Waals surface area contributed by atoms with Gasteiger partial charge in [0.1, 0.15) is 6.61 Å². The molecule has 2 amide bonds. The van der Waals surface area contributed by atoms with Crippen molar-refractivity contribution in [2.24, 2.45) is 11.8 Å². The molecule has 0 aromatic heterocycles. The van der Waals surface area contributed by atoms with E-state index in [1.165, 1.54) is 13.8 Å². The fourth-order valence-corrected chi connectivity index (χ4v) is 2.98. The number of esters is 2. The fourth-order valence-electron chi connectivity index (χ4n) is 2.87. The SMILES string of the molecule is CC(=O)OCC1OC(OC(C)=O)C(NC(=O)CCCC(=O)NS)C(C)C1C. The number of carbonyl (C=O) groups is 4. The molecule has 0 aliphatic carbocycles. The van der Waals surface area contributed by atoms with Crippen LogP contribution in [0.25, 0.3) is 0 Å². The smallest absolute Gasteiger partial charge is 0.305 e. The van der Waals surface area contributed by atoms with Crippen molar-refractivity contribution in [1.82, 2.24) is 10.0 Å². The molecule has 0 aromatic rings. The molecule has 154 valence electrons. The van der Waals surface area contributed by atoms with Gasteiger partial charge in [0.05, 0.1) is 12.1 Å². The number of thiol groups is 1. The molecule has 1 saturated heterocycles. The van der Waals surface area contributed by atoms with Gasteiger partial charge in [0, 0.05) is 26.7 Å². The summed E-state index contributed by atoms with van der Waals surface area (Å²) in [7, 11) is 0. The molecule has 0 spiro atoms. The molecular weight excluding hydrogens is 376 g/mol. The van der Waals surface area contributed by atoms with Crippen LogP contribution in [0, 0.1) is 11.8 Å². The zero-order valence-electron chi connectivity index (χ0n) is 16.0. The second-order valence-electron chi connectivity index (χ2n) is 6.66. The van der Waals surface area contributed by atoms with Crippen LogP contribution in [0.3, 0.4) is 0 Å². The van der Waals surface area contributed by atoms with Gasteiger partial charge < -0.3 is 24.2 Å². The summed E-state index contributed by atoms with van der Waals surface area (Å²) < 4.78 is 18.2. The minimum Gasteiger partial charge on any atom is -0.463 e. The maximum Gasteiger partial charge on any atom is 0.305 e. The van der Waals surface area contributed by atoms with Crippen molar-refractivity contribution in [3.05, 3.63) is 0 Å². The monoisotopic (exact) mass is 404 g/mol. The Kier molecular flexibility index (Phi) is 9.57. The Bertz CT molecular complexity index is 557. The van der Waals surface area contributed by atoms with Gasteiger partial charge in [-0.2, -0.15) is 0 Å². The van der Waals surface area contributed by atoms with Gasteiger partial charge >= 0.3 is 11.9 Å². The van der Waals surface area contributed by atoms with Crippen LogP contribution in [0.5, 0.6) is 0 Å². The predicted molar refractivity (Wildman–Crippen MR) is 98.3 cm³/mol. The Balaban J connectivity index is 2.73. The number of hydrogen-bond acceptors (Lipinski definition) is 8. The summed E-state index contributed by atoms with van der Waals surface area (Å²) in [5, 5.41) is 2.83. The Morgan fingerprint density at radius 1 is 1.00 bits per heavy atom. The molecule has 10 heteroatoms. The van der Waals surface area contributed by atoms with E-state index in [9.17, 15) is 19.2 Å². The van der Waals surface area contributed by atoms with E-state index in [2.05, 4.69) is 22.9 Å². The van der Waals surface area contributed by atoms with Gasteiger partial charge in [-0.05, 0) is 18.3 Å². The van der Waals surface area contributed by atoms with Gasteiger partial charge in [0.15, 0.2) is 0 Å². The standard InChI is InChI=1S/C17H28N2O7S/c1-9-10(2)16(18-14(22)6-5-7-15(23)19-27)17(25-12(4)21)26-13(9)8-24-11(3)20/h9-10,13,16-17,27H,5-8H2,1-4H3,(H,18,22)(H,19,23). The van der Waals surface area contributed by atoms with Crippen molar-refractivity contribution in [3.63, 3.8) is 0 Å². The molecule has 5 atom stereocenters. The highest BCUT2D eigenvalue weighted by molar-refractivity contribution is 7.78. The van der Waals surface area contributed by atoms with E-state index < -0.39 is 30.4 Å². The van der Waals surface area contributed by atoms with Gasteiger partial charge in [-0.15, -0.1) is 0 Å². The largest absolute Gasteiger partial charge is 0.463 e. The van der Waals surface area contributed by atoms with Crippen LogP contribution in [0.2, 0.25) is 0 Å². The lowest BCUT2D eigenvalue weighted by molar-refractivity contribution is -0.238. The average molecular weight is 404 g/mol. The van der Waals surface area contributed by atoms with Crippen LogP contribution in [0.4, 0.5) is 0 Å². The maximum absolute atomic E-state index is 12.2. The molecule has 27 heavy (non-hydrogen) atoms. The van der Waals surface area contributed by atoms with Crippen molar-refractivity contribution in [2.75, 3.05) is 6.61 Å². The molecule has 2 N–H and O–H groups in total. The van der Waals surface area contributed by atoms with E-state index in [1.807, 2.05) is 13.8 Å². The Morgan fingerprint density at radius 2 is 1.63 bits per heavy atom. The highest BCUT2D eigenvalue weighted by Gasteiger charge is 2.44. The third-order valence-corrected chi connectivity index (χ3v) is 4.83. The average Bonchev–Trinajstić information content (AvgIpc) is 2.59. The van der Waals surface area contributed by atoms with E-state index in [4.69, 9.17) is 14.2 Å². The van der Waals surface area contributed by atoms with Crippen LogP contribution < -0.4 is 10.0 Å². The maximum atomic E-state index is 12.2. The molecule has 9 nitrogen and oxygen atoms in total. The van der Waals surface area contributed by atoms with Gasteiger partial charge in [0.2, 0.25) is 18.1 Å². The Hall–Kier alpha value is -1.81. The third-order valence-electron chi connectivity index (χ3n) is 4.58. The Morgan fingerprint density at radius 3 is 2.19 bits per heavy atom. The van der Waals surface area contributed by atoms with E-state index >= 15 is 0 Å². The first-order valence-corrected chi connectivity index (χ1v) is 9.28. The number of amides is 2. The second kappa shape index (κ2) is 11.1. The molecule has 0 bridgehead atoms. The summed E-state index contributed by atoms with van der Waals surface area (Å²) in [6.45, 7) is 6.42. The van der Waals surface area contributed by atoms with Crippen LogP contribution in [-0.4, -0.2) is 48.8 Å². The fraction of sp³-hybridized carbons (Fsp3) is 0.765. The normalized spacial score (nSPS) is 27.4. The van der Waals surface area contributed by atoms with Crippen LogP contribution in [0.15, 0.2) is 0 Å². The molecule has 0 aromatic carbocycles. The second-order valence-corrected chi connectivity index (χ2v) is 6.88. The summed E-state index contributed by atoms with van der Waals surface area (Å²) in [5.41, 5.74) is 0. The van der Waals surface area contributed by atoms with Crippen LogP contribution in [-0.2, 0) is 33.4 Å². The zero-order valence-corrected chi connectivity index (χ0v) is 16.9. The minimum atomic E-state index is -0.987. The van der Waals surface area contributed by atoms with Crippen molar-refractivity contribution in [1.29, 1.82) is 0 Å². The molecule has 1 rings (SSSR count). The third kappa shape index (κ3) is 7.76. The first-order chi connectivity index (χ1) is 12.6. The van der Waals surface area contributed by atoms with Crippen molar-refractivity contribution in [3.8, 4) is 0 Å². The number of rotatable bonds is 8. The van der Waals surface area contributed by atoms with Crippen LogP contribution in [0.1, 0.15) is 47.0 Å². The lowest BCUT2D eigenvalue weighted by Gasteiger charge is -2.44. The quantitative estimate of drug-likeness (QED) is 0.403. The van der Waals surface area contributed by atoms with Crippen molar-refractivity contribution >= 4 is 36.6 Å². The summed E-state index contributed by atoms with van der Waals surface area (Å²) >= 11 is 3.65. The molecule has 5 unspecified atom stereocenters. The topological polar surface area (TPSA) is 120 Å².